The lowest BCUT2D eigenvalue weighted by molar-refractivity contribution is -0.121. The molecule has 1 aliphatic rings. The first kappa shape index (κ1) is 20.6. The Hall–Kier alpha value is -2.71. The molecule has 2 heterocycles. The van der Waals surface area contributed by atoms with Crippen molar-refractivity contribution >= 4 is 32.5 Å². The van der Waals surface area contributed by atoms with Crippen LogP contribution < -0.4 is 5.32 Å². The van der Waals surface area contributed by atoms with Gasteiger partial charge in [0, 0.05) is 31.1 Å². The van der Waals surface area contributed by atoms with Gasteiger partial charge in [-0.15, -0.1) is 0 Å². The third-order valence-corrected chi connectivity index (χ3v) is 7.49. The number of amides is 1. The monoisotopic (exact) mass is 426 g/mol. The van der Waals surface area contributed by atoms with Crippen molar-refractivity contribution in [2.45, 2.75) is 37.6 Å². The molecule has 2 aromatic carbocycles. The number of hydrogen-bond donors (Lipinski definition) is 1. The van der Waals surface area contributed by atoms with Crippen LogP contribution in [0, 0.1) is 5.92 Å². The van der Waals surface area contributed by atoms with Gasteiger partial charge in [-0.2, -0.15) is 9.40 Å². The van der Waals surface area contributed by atoms with Crippen molar-refractivity contribution in [1.82, 2.24) is 14.1 Å². The van der Waals surface area contributed by atoms with Gasteiger partial charge in [-0.25, -0.2) is 13.1 Å². The normalized spacial score (nSPS) is 16.2. The maximum Gasteiger partial charge on any atom is 0.243 e. The number of fused-ring (bicyclic) bond motifs is 1. The topological polar surface area (TPSA) is 84.3 Å². The predicted molar refractivity (Wildman–Crippen MR) is 117 cm³/mol. The molecule has 0 spiro atoms. The smallest absolute Gasteiger partial charge is 0.243 e. The van der Waals surface area contributed by atoms with E-state index in [1.165, 1.54) is 4.31 Å². The number of piperidine rings is 1. The molecule has 158 valence electrons. The lowest BCUT2D eigenvalue weighted by atomic mass is 9.97. The van der Waals surface area contributed by atoms with Crippen LogP contribution in [-0.2, 0) is 14.8 Å². The molecule has 1 fully saturated rings. The van der Waals surface area contributed by atoms with Crippen LogP contribution in [0.3, 0.4) is 0 Å². The van der Waals surface area contributed by atoms with E-state index in [1.54, 1.807) is 29.1 Å². The van der Waals surface area contributed by atoms with Gasteiger partial charge in [0.2, 0.25) is 15.9 Å². The van der Waals surface area contributed by atoms with Crippen LogP contribution >= 0.6 is 0 Å². The van der Waals surface area contributed by atoms with Crippen LogP contribution in [0.25, 0.3) is 10.8 Å². The Morgan fingerprint density at radius 3 is 2.47 bits per heavy atom. The second kappa shape index (κ2) is 8.20. The number of benzene rings is 2. The summed E-state index contributed by atoms with van der Waals surface area (Å²) in [6.07, 6.45) is 2.65. The summed E-state index contributed by atoms with van der Waals surface area (Å²) in [5.74, 6) is 0.366. The highest BCUT2D eigenvalue weighted by Gasteiger charge is 2.32. The summed E-state index contributed by atoms with van der Waals surface area (Å²) in [6, 6.07) is 14.8. The summed E-state index contributed by atoms with van der Waals surface area (Å²) in [6.45, 7) is 4.66. The van der Waals surface area contributed by atoms with E-state index in [9.17, 15) is 13.2 Å². The van der Waals surface area contributed by atoms with Gasteiger partial charge >= 0.3 is 0 Å². The van der Waals surface area contributed by atoms with Gasteiger partial charge in [-0.1, -0.05) is 30.3 Å². The van der Waals surface area contributed by atoms with Crippen LogP contribution in [0.4, 0.5) is 5.82 Å². The molecule has 1 aromatic heterocycles. The lowest BCUT2D eigenvalue weighted by Crippen LogP contribution is -2.41. The zero-order chi connectivity index (χ0) is 21.3. The average Bonchev–Trinajstić information content (AvgIpc) is 3.22. The van der Waals surface area contributed by atoms with Crippen LogP contribution in [0.2, 0.25) is 0 Å². The van der Waals surface area contributed by atoms with Gasteiger partial charge in [-0.3, -0.25) is 4.79 Å². The molecular formula is C22H26N4O3S. The minimum absolute atomic E-state index is 0.0832. The maximum absolute atomic E-state index is 13.1. The minimum Gasteiger partial charge on any atom is -0.311 e. The summed E-state index contributed by atoms with van der Waals surface area (Å²) in [5.41, 5.74) is 0. The van der Waals surface area contributed by atoms with Crippen LogP contribution in [-0.4, -0.2) is 41.5 Å². The first-order valence-electron chi connectivity index (χ1n) is 10.2. The molecule has 0 radical (unpaired) electrons. The van der Waals surface area contributed by atoms with Gasteiger partial charge in [-0.05, 0) is 49.6 Å². The Bertz CT molecular complexity index is 1160. The van der Waals surface area contributed by atoms with Gasteiger partial charge in [0.1, 0.15) is 5.82 Å². The molecule has 0 saturated carbocycles. The molecule has 1 amide bonds. The summed E-state index contributed by atoms with van der Waals surface area (Å²) in [5, 5.41) is 9.07. The second-order valence-electron chi connectivity index (χ2n) is 7.93. The first-order valence-corrected chi connectivity index (χ1v) is 11.6. The number of anilines is 1. The minimum atomic E-state index is -3.58. The largest absolute Gasteiger partial charge is 0.311 e. The Kier molecular flexibility index (Phi) is 5.62. The maximum atomic E-state index is 13.1. The zero-order valence-electron chi connectivity index (χ0n) is 17.2. The fourth-order valence-electron chi connectivity index (χ4n) is 3.89. The molecule has 1 N–H and O–H groups in total. The summed E-state index contributed by atoms with van der Waals surface area (Å²) in [4.78, 5) is 13.0. The molecule has 0 unspecified atom stereocenters. The number of hydrogen-bond acceptors (Lipinski definition) is 4. The van der Waals surface area contributed by atoms with Gasteiger partial charge < -0.3 is 5.32 Å². The third kappa shape index (κ3) is 3.97. The number of nitrogens with one attached hydrogen (secondary N) is 1. The number of aromatic nitrogens is 2. The number of nitrogens with zero attached hydrogens (tertiary/aromatic N) is 3. The highest BCUT2D eigenvalue weighted by Crippen LogP contribution is 2.27. The van der Waals surface area contributed by atoms with E-state index in [0.29, 0.717) is 36.6 Å². The Morgan fingerprint density at radius 1 is 1.07 bits per heavy atom. The summed E-state index contributed by atoms with van der Waals surface area (Å²) >= 11 is 0. The summed E-state index contributed by atoms with van der Waals surface area (Å²) in [7, 11) is -3.58. The van der Waals surface area contributed by atoms with E-state index in [-0.39, 0.29) is 17.9 Å². The zero-order valence-corrected chi connectivity index (χ0v) is 18.0. The van der Waals surface area contributed by atoms with Crippen LogP contribution in [0.15, 0.2) is 59.6 Å². The van der Waals surface area contributed by atoms with Crippen molar-refractivity contribution in [3.8, 4) is 0 Å². The molecule has 1 saturated heterocycles. The number of rotatable bonds is 5. The molecule has 0 bridgehead atoms. The number of carbonyl (C=O) groups excluding carboxylic acids is 1. The summed E-state index contributed by atoms with van der Waals surface area (Å²) < 4.78 is 29.4. The van der Waals surface area contributed by atoms with E-state index < -0.39 is 10.0 Å². The van der Waals surface area contributed by atoms with E-state index >= 15 is 0 Å². The molecule has 4 rings (SSSR count). The van der Waals surface area contributed by atoms with Crippen molar-refractivity contribution in [3.63, 3.8) is 0 Å². The Balaban J connectivity index is 1.43. The SMILES string of the molecule is CC(C)n1nccc1NC(=O)C1CCN(S(=O)(=O)c2ccc3ccccc3c2)CC1. The van der Waals surface area contributed by atoms with E-state index in [0.717, 1.165) is 10.8 Å². The highest BCUT2D eigenvalue weighted by molar-refractivity contribution is 7.89. The van der Waals surface area contributed by atoms with Crippen molar-refractivity contribution < 1.29 is 13.2 Å². The molecule has 0 aliphatic carbocycles. The van der Waals surface area contributed by atoms with Gasteiger partial charge in [0.05, 0.1) is 11.1 Å². The van der Waals surface area contributed by atoms with E-state index in [1.807, 2.05) is 44.2 Å². The fraction of sp³-hybridized carbons (Fsp3) is 0.364. The van der Waals surface area contributed by atoms with Crippen molar-refractivity contribution in [3.05, 3.63) is 54.7 Å². The van der Waals surface area contributed by atoms with Crippen LogP contribution in [0.1, 0.15) is 32.7 Å². The third-order valence-electron chi connectivity index (χ3n) is 5.59. The average molecular weight is 427 g/mol. The first-order chi connectivity index (χ1) is 14.4. The van der Waals surface area contributed by atoms with Gasteiger partial charge in [0.15, 0.2) is 0 Å². The number of sulfonamides is 1. The van der Waals surface area contributed by atoms with Crippen molar-refractivity contribution in [2.24, 2.45) is 5.92 Å². The van der Waals surface area contributed by atoms with E-state index in [2.05, 4.69) is 10.4 Å². The standard InChI is InChI=1S/C22H26N4O3S/c1-16(2)26-21(9-12-23-26)24-22(27)18-10-13-25(14-11-18)30(28,29)20-8-7-17-5-3-4-6-19(17)15-20/h3-9,12,15-16,18H,10-11,13-14H2,1-2H3,(H,24,27). The van der Waals surface area contributed by atoms with Gasteiger partial charge in [0.25, 0.3) is 0 Å². The Labute approximate surface area is 176 Å². The lowest BCUT2D eigenvalue weighted by Gasteiger charge is -2.30. The van der Waals surface area contributed by atoms with Crippen molar-refractivity contribution in [2.75, 3.05) is 18.4 Å². The number of carbonyl (C=O) groups is 1. The fourth-order valence-corrected chi connectivity index (χ4v) is 5.39. The quantitative estimate of drug-likeness (QED) is 0.675. The molecule has 30 heavy (non-hydrogen) atoms. The Morgan fingerprint density at radius 2 is 1.77 bits per heavy atom. The molecule has 8 heteroatoms. The second-order valence-corrected chi connectivity index (χ2v) is 9.87. The molecule has 0 atom stereocenters. The molecule has 7 nitrogen and oxygen atoms in total. The molecular weight excluding hydrogens is 400 g/mol. The molecule has 3 aromatic rings. The van der Waals surface area contributed by atoms with E-state index in [4.69, 9.17) is 0 Å². The highest BCUT2D eigenvalue weighted by atomic mass is 32.2. The van der Waals surface area contributed by atoms with Crippen molar-refractivity contribution in [1.29, 1.82) is 0 Å². The van der Waals surface area contributed by atoms with Crippen LogP contribution in [0.5, 0.6) is 0 Å². The predicted octanol–water partition coefficient (Wildman–Crippen LogP) is 3.66. The molecule has 1 aliphatic heterocycles.